The fourth-order valence-corrected chi connectivity index (χ4v) is 5.41. The van der Waals surface area contributed by atoms with E-state index in [4.69, 9.17) is 24.7 Å². The van der Waals surface area contributed by atoms with E-state index in [9.17, 15) is 9.18 Å². The molecule has 2 aromatic carbocycles. The molecule has 1 aliphatic rings. The van der Waals surface area contributed by atoms with Crippen molar-refractivity contribution >= 4 is 16.8 Å². The number of hydrogen-bond acceptors (Lipinski definition) is 7. The van der Waals surface area contributed by atoms with Crippen molar-refractivity contribution < 1.29 is 18.7 Å². The summed E-state index contributed by atoms with van der Waals surface area (Å²) in [5.74, 6) is 1.32. The molecular weight excluding hydrogens is 521 g/mol. The normalized spacial score (nSPS) is 14.3. The summed E-state index contributed by atoms with van der Waals surface area (Å²) in [5.41, 5.74) is 5.23. The van der Waals surface area contributed by atoms with Crippen molar-refractivity contribution in [3.05, 3.63) is 88.1 Å². The predicted molar refractivity (Wildman–Crippen MR) is 153 cm³/mol. The van der Waals surface area contributed by atoms with Crippen LogP contribution in [0.4, 0.5) is 4.39 Å². The van der Waals surface area contributed by atoms with E-state index < -0.39 is 5.82 Å². The third-order valence-corrected chi connectivity index (χ3v) is 7.72. The Morgan fingerprint density at radius 2 is 1.95 bits per heavy atom. The monoisotopic (exact) mass is 555 g/mol. The number of pyridine rings is 1. The molecule has 0 amide bonds. The van der Waals surface area contributed by atoms with Crippen LogP contribution in [-0.4, -0.2) is 52.0 Å². The minimum absolute atomic E-state index is 0.0441. The molecule has 1 saturated heterocycles. The number of likely N-dealkylation sites (tertiary alicyclic amines) is 1. The Kier molecular flexibility index (Phi) is 8.72. The third kappa shape index (κ3) is 6.45. The second-order valence-electron chi connectivity index (χ2n) is 10.5. The van der Waals surface area contributed by atoms with E-state index in [2.05, 4.69) is 9.47 Å². The Morgan fingerprint density at radius 3 is 2.66 bits per heavy atom. The molecule has 1 aliphatic heterocycles. The molecule has 0 bridgehead atoms. The second-order valence-corrected chi connectivity index (χ2v) is 10.5. The number of halogens is 1. The van der Waals surface area contributed by atoms with Crippen molar-refractivity contribution in [1.82, 2.24) is 19.4 Å². The maximum Gasteiger partial charge on any atom is 0.213 e. The maximum atomic E-state index is 14.2. The molecular formula is C32H34FN5O3. The fraction of sp³-hybridized carbons (Fsp3) is 0.375. The van der Waals surface area contributed by atoms with E-state index >= 15 is 0 Å². The number of nitrogens with zero attached hydrogens (tertiary/aromatic N) is 5. The molecule has 0 radical (unpaired) electrons. The van der Waals surface area contributed by atoms with Gasteiger partial charge in [0, 0.05) is 42.5 Å². The van der Waals surface area contributed by atoms with E-state index in [0.29, 0.717) is 42.6 Å². The smallest absolute Gasteiger partial charge is 0.213 e. The number of methoxy groups -OCH3 is 1. The molecule has 3 heterocycles. The molecule has 41 heavy (non-hydrogen) atoms. The van der Waals surface area contributed by atoms with E-state index in [1.54, 1.807) is 32.2 Å². The van der Waals surface area contributed by atoms with Crippen LogP contribution in [0.3, 0.4) is 0 Å². The van der Waals surface area contributed by atoms with E-state index in [-0.39, 0.29) is 18.0 Å². The highest BCUT2D eigenvalue weighted by atomic mass is 19.1. The first-order valence-corrected chi connectivity index (χ1v) is 13.9. The third-order valence-electron chi connectivity index (χ3n) is 7.72. The van der Waals surface area contributed by atoms with Gasteiger partial charge in [0.1, 0.15) is 18.2 Å². The lowest BCUT2D eigenvalue weighted by Crippen LogP contribution is -2.33. The van der Waals surface area contributed by atoms with Crippen molar-refractivity contribution in [2.24, 2.45) is 0 Å². The average Bonchev–Trinajstić information content (AvgIpc) is 3.33. The Morgan fingerprint density at radius 1 is 1.15 bits per heavy atom. The van der Waals surface area contributed by atoms with E-state index in [1.165, 1.54) is 6.07 Å². The summed E-state index contributed by atoms with van der Waals surface area (Å²) in [6, 6.07) is 15.9. The topological polar surface area (TPSA) is 93.3 Å². The molecule has 0 unspecified atom stereocenters. The van der Waals surface area contributed by atoms with Crippen molar-refractivity contribution in [1.29, 1.82) is 5.26 Å². The molecule has 9 heteroatoms. The number of ketones is 1. The largest absolute Gasteiger partial charge is 0.473 e. The highest BCUT2D eigenvalue weighted by Crippen LogP contribution is 2.30. The Hall–Kier alpha value is -4.13. The Bertz CT molecular complexity index is 1600. The number of hydrogen-bond donors (Lipinski definition) is 0. The second kappa shape index (κ2) is 12.6. The van der Waals surface area contributed by atoms with Gasteiger partial charge < -0.3 is 14.0 Å². The number of carbonyl (C=O) groups excluding carboxylic acids is 1. The molecule has 212 valence electrons. The number of imidazole rings is 1. The van der Waals surface area contributed by atoms with Gasteiger partial charge in [0.25, 0.3) is 0 Å². The zero-order valence-corrected chi connectivity index (χ0v) is 23.7. The maximum absolute atomic E-state index is 14.2. The number of aromatic nitrogens is 3. The number of carbonyl (C=O) groups is 1. The number of fused-ring (bicyclic) bond motifs is 1. The average molecular weight is 556 g/mol. The molecule has 5 rings (SSSR count). The van der Waals surface area contributed by atoms with Gasteiger partial charge in [0.15, 0.2) is 5.78 Å². The van der Waals surface area contributed by atoms with Gasteiger partial charge in [0.2, 0.25) is 5.88 Å². The van der Waals surface area contributed by atoms with Gasteiger partial charge in [-0.15, -0.1) is 0 Å². The van der Waals surface area contributed by atoms with Gasteiger partial charge in [0.05, 0.1) is 35.8 Å². The van der Waals surface area contributed by atoms with Crippen LogP contribution < -0.4 is 4.74 Å². The van der Waals surface area contributed by atoms with Crippen LogP contribution in [-0.2, 0) is 24.4 Å². The Labute approximate surface area is 239 Å². The lowest BCUT2D eigenvalue weighted by atomic mass is 9.93. The first-order chi connectivity index (χ1) is 19.9. The van der Waals surface area contributed by atoms with Gasteiger partial charge in [-0.2, -0.15) is 5.26 Å². The number of Topliss-reactive ketones (excluding diaryl/α,β-unsaturated/α-hetero) is 1. The molecule has 8 nitrogen and oxygen atoms in total. The van der Waals surface area contributed by atoms with Gasteiger partial charge in [-0.1, -0.05) is 12.1 Å². The Balaban J connectivity index is 1.24. The summed E-state index contributed by atoms with van der Waals surface area (Å²) in [6.45, 7) is 7.39. The summed E-state index contributed by atoms with van der Waals surface area (Å²) in [7, 11) is 1.69. The van der Waals surface area contributed by atoms with Crippen LogP contribution in [0.25, 0.3) is 11.0 Å². The number of piperidine rings is 1. The SMILES string of the molecule is COCCn1c(CN2CCC(c3cccc(OCc4ccc(C#N)cc4F)n3)CC2)nc2c(C)cc(C(C)=O)cc21. The summed E-state index contributed by atoms with van der Waals surface area (Å²) < 4.78 is 27.6. The van der Waals surface area contributed by atoms with Crippen LogP contribution in [0.1, 0.15) is 64.2 Å². The van der Waals surface area contributed by atoms with Gasteiger partial charge in [-0.25, -0.2) is 14.4 Å². The number of nitriles is 1. The molecule has 0 aliphatic carbocycles. The van der Waals surface area contributed by atoms with Crippen molar-refractivity contribution in [3.8, 4) is 11.9 Å². The molecule has 0 N–H and O–H groups in total. The number of ether oxygens (including phenoxy) is 2. The lowest BCUT2D eigenvalue weighted by Gasteiger charge is -2.31. The molecule has 2 aromatic heterocycles. The van der Waals surface area contributed by atoms with Crippen molar-refractivity contribution in [3.63, 3.8) is 0 Å². The van der Waals surface area contributed by atoms with E-state index in [0.717, 1.165) is 54.0 Å². The van der Waals surface area contributed by atoms with Crippen LogP contribution in [0, 0.1) is 24.1 Å². The highest BCUT2D eigenvalue weighted by molar-refractivity contribution is 5.98. The van der Waals surface area contributed by atoms with Crippen LogP contribution >= 0.6 is 0 Å². The fourth-order valence-electron chi connectivity index (χ4n) is 5.41. The standard InChI is InChI=1S/C32H34FN5O3/c1-21-15-26(22(2)39)17-29-32(21)36-30(38(29)13-14-40-3)19-37-11-9-24(10-12-37)28-5-4-6-31(35-28)41-20-25-8-7-23(18-34)16-27(25)33/h4-8,15-17,24H,9-14,19-20H2,1-3H3. The number of aryl methyl sites for hydroxylation is 1. The minimum Gasteiger partial charge on any atom is -0.473 e. The molecule has 0 atom stereocenters. The molecule has 1 fully saturated rings. The van der Waals surface area contributed by atoms with Crippen LogP contribution in [0.2, 0.25) is 0 Å². The summed E-state index contributed by atoms with van der Waals surface area (Å²) in [5, 5.41) is 8.93. The van der Waals surface area contributed by atoms with Crippen molar-refractivity contribution in [2.75, 3.05) is 26.8 Å². The van der Waals surface area contributed by atoms with E-state index in [1.807, 2.05) is 37.3 Å². The zero-order chi connectivity index (χ0) is 28.9. The van der Waals surface area contributed by atoms with Crippen LogP contribution in [0.5, 0.6) is 5.88 Å². The summed E-state index contributed by atoms with van der Waals surface area (Å²) in [6.07, 6.45) is 1.90. The van der Waals surface area contributed by atoms with Gasteiger partial charge >= 0.3 is 0 Å². The quantitative estimate of drug-likeness (QED) is 0.237. The number of rotatable bonds is 10. The van der Waals surface area contributed by atoms with Gasteiger partial charge in [-0.3, -0.25) is 9.69 Å². The first kappa shape index (κ1) is 28.4. The zero-order valence-electron chi connectivity index (χ0n) is 23.7. The lowest BCUT2D eigenvalue weighted by molar-refractivity contribution is 0.101. The number of benzene rings is 2. The minimum atomic E-state index is -0.460. The molecule has 4 aromatic rings. The summed E-state index contributed by atoms with van der Waals surface area (Å²) >= 11 is 0. The molecule has 0 saturated carbocycles. The highest BCUT2D eigenvalue weighted by Gasteiger charge is 2.24. The van der Waals surface area contributed by atoms with Crippen molar-refractivity contribution in [2.45, 2.75) is 52.3 Å². The van der Waals surface area contributed by atoms with Crippen LogP contribution in [0.15, 0.2) is 48.5 Å². The first-order valence-electron chi connectivity index (χ1n) is 13.9. The predicted octanol–water partition coefficient (Wildman–Crippen LogP) is 5.56. The molecule has 0 spiro atoms. The van der Waals surface area contributed by atoms with Gasteiger partial charge in [-0.05, 0) is 75.7 Å². The summed E-state index contributed by atoms with van der Waals surface area (Å²) in [4.78, 5) is 24.2.